The number of hydrogen-bond donors (Lipinski definition) is 2. The molecule has 0 saturated carbocycles. The van der Waals surface area contributed by atoms with Crippen LogP contribution in [0, 0.1) is 0 Å². The molecule has 6 heteroatoms. The van der Waals surface area contributed by atoms with Crippen LogP contribution < -0.4 is 15.2 Å². The van der Waals surface area contributed by atoms with Gasteiger partial charge in [0.15, 0.2) is 11.5 Å². The van der Waals surface area contributed by atoms with Gasteiger partial charge in [-0.1, -0.05) is 6.07 Å². The highest BCUT2D eigenvalue weighted by atomic mass is 16.5. The summed E-state index contributed by atoms with van der Waals surface area (Å²) in [6.07, 6.45) is 1.03. The van der Waals surface area contributed by atoms with E-state index in [9.17, 15) is 4.79 Å². The maximum absolute atomic E-state index is 10.7. The topological polar surface area (TPSA) is 85.0 Å². The van der Waals surface area contributed by atoms with Crippen molar-refractivity contribution < 1.29 is 19.4 Å². The minimum atomic E-state index is -0.921. The van der Waals surface area contributed by atoms with Gasteiger partial charge >= 0.3 is 5.97 Å². The van der Waals surface area contributed by atoms with Crippen molar-refractivity contribution in [1.82, 2.24) is 4.90 Å². The predicted octanol–water partition coefficient (Wildman–Crippen LogP) is 1.25. The van der Waals surface area contributed by atoms with Crippen molar-refractivity contribution in [2.75, 3.05) is 27.2 Å². The summed E-state index contributed by atoms with van der Waals surface area (Å²) in [6, 6.07) is 4.79. The van der Waals surface area contributed by atoms with E-state index >= 15 is 0 Å². The fraction of sp³-hybridized carbons (Fsp3) is 0.533. The summed E-state index contributed by atoms with van der Waals surface area (Å²) in [5.41, 5.74) is 6.59. The lowest BCUT2D eigenvalue weighted by molar-refractivity contribution is -0.137. The number of carboxylic acid groups (broad SMARTS) is 1. The Kier molecular flexibility index (Phi) is 5.03. The van der Waals surface area contributed by atoms with Crippen molar-refractivity contribution in [1.29, 1.82) is 0 Å². The van der Waals surface area contributed by atoms with E-state index in [0.29, 0.717) is 11.5 Å². The first-order chi connectivity index (χ1) is 9.99. The minimum absolute atomic E-state index is 0.114. The van der Waals surface area contributed by atoms with Gasteiger partial charge in [0, 0.05) is 19.1 Å². The lowest BCUT2D eigenvalue weighted by Crippen LogP contribution is -2.21. The molecule has 0 aliphatic carbocycles. The highest BCUT2D eigenvalue weighted by molar-refractivity contribution is 5.68. The standard InChI is InChI=1S/C15H22N2O4/c1-17-6-5-11(9-17)21-13-4-3-10(7-14(13)20-2)12(16)8-15(18)19/h3-4,7,11-12H,5-6,8-9,16H2,1-2H3,(H,18,19). The van der Waals surface area contributed by atoms with Gasteiger partial charge in [0.25, 0.3) is 0 Å². The first-order valence-electron chi connectivity index (χ1n) is 7.00. The Morgan fingerprint density at radius 1 is 1.52 bits per heavy atom. The third-order valence-electron chi connectivity index (χ3n) is 3.65. The van der Waals surface area contributed by atoms with Crippen LogP contribution in [0.3, 0.4) is 0 Å². The zero-order valence-electron chi connectivity index (χ0n) is 12.4. The van der Waals surface area contributed by atoms with Gasteiger partial charge in [-0.25, -0.2) is 0 Å². The normalized spacial score (nSPS) is 20.2. The van der Waals surface area contributed by atoms with Crippen LogP contribution in [0.15, 0.2) is 18.2 Å². The maximum atomic E-state index is 10.7. The number of carboxylic acids is 1. The maximum Gasteiger partial charge on any atom is 0.305 e. The quantitative estimate of drug-likeness (QED) is 0.821. The third-order valence-corrected chi connectivity index (χ3v) is 3.65. The van der Waals surface area contributed by atoms with Crippen molar-refractivity contribution in [3.8, 4) is 11.5 Å². The molecule has 3 N–H and O–H groups in total. The van der Waals surface area contributed by atoms with Crippen LogP contribution >= 0.6 is 0 Å². The van der Waals surface area contributed by atoms with Crippen molar-refractivity contribution in [3.63, 3.8) is 0 Å². The molecule has 6 nitrogen and oxygen atoms in total. The second-order valence-corrected chi connectivity index (χ2v) is 5.41. The summed E-state index contributed by atoms with van der Waals surface area (Å²) in [7, 11) is 3.63. The number of nitrogens with zero attached hydrogens (tertiary/aromatic N) is 1. The zero-order valence-corrected chi connectivity index (χ0v) is 12.4. The number of aliphatic carboxylic acids is 1. The SMILES string of the molecule is COc1cc(C(N)CC(=O)O)ccc1OC1CCN(C)C1. The summed E-state index contributed by atoms with van der Waals surface area (Å²) in [6.45, 7) is 1.91. The predicted molar refractivity (Wildman–Crippen MR) is 78.7 cm³/mol. The van der Waals surface area contributed by atoms with Crippen molar-refractivity contribution in [3.05, 3.63) is 23.8 Å². The van der Waals surface area contributed by atoms with E-state index in [-0.39, 0.29) is 12.5 Å². The Bertz CT molecular complexity index is 506. The van der Waals surface area contributed by atoms with E-state index < -0.39 is 12.0 Å². The van der Waals surface area contributed by atoms with Crippen LogP contribution in [0.4, 0.5) is 0 Å². The van der Waals surface area contributed by atoms with Gasteiger partial charge in [-0.05, 0) is 31.2 Å². The molecule has 0 bridgehead atoms. The first-order valence-corrected chi connectivity index (χ1v) is 7.00. The molecule has 1 aliphatic heterocycles. The summed E-state index contributed by atoms with van der Waals surface area (Å²) < 4.78 is 11.3. The van der Waals surface area contributed by atoms with E-state index in [4.69, 9.17) is 20.3 Å². The summed E-state index contributed by atoms with van der Waals surface area (Å²) in [5.74, 6) is 0.336. The summed E-state index contributed by atoms with van der Waals surface area (Å²) >= 11 is 0. The molecule has 1 fully saturated rings. The highest BCUT2D eigenvalue weighted by Gasteiger charge is 2.22. The average molecular weight is 294 g/mol. The molecule has 2 unspecified atom stereocenters. The second kappa shape index (κ2) is 6.78. The summed E-state index contributed by atoms with van der Waals surface area (Å²) in [4.78, 5) is 12.9. The molecular weight excluding hydrogens is 272 g/mol. The van der Waals surface area contributed by atoms with Gasteiger partial charge in [-0.2, -0.15) is 0 Å². The molecule has 116 valence electrons. The van der Waals surface area contributed by atoms with Crippen molar-refractivity contribution in [2.45, 2.75) is 25.0 Å². The number of ether oxygens (including phenoxy) is 2. The number of methoxy groups -OCH3 is 1. The fourth-order valence-corrected chi connectivity index (χ4v) is 2.49. The molecule has 0 spiro atoms. The molecule has 0 aromatic heterocycles. The average Bonchev–Trinajstić information content (AvgIpc) is 2.83. The molecular formula is C15H22N2O4. The van der Waals surface area contributed by atoms with Crippen LogP contribution in [0.5, 0.6) is 11.5 Å². The monoisotopic (exact) mass is 294 g/mol. The number of hydrogen-bond acceptors (Lipinski definition) is 5. The van der Waals surface area contributed by atoms with Crippen LogP contribution in [0.1, 0.15) is 24.4 Å². The van der Waals surface area contributed by atoms with Crippen LogP contribution in [0.2, 0.25) is 0 Å². The molecule has 1 saturated heterocycles. The van der Waals surface area contributed by atoms with E-state index in [0.717, 1.165) is 25.1 Å². The number of carbonyl (C=O) groups is 1. The number of nitrogens with two attached hydrogens (primary N) is 1. The first kappa shape index (κ1) is 15.6. The fourth-order valence-electron chi connectivity index (χ4n) is 2.49. The Balaban J connectivity index is 2.10. The van der Waals surface area contributed by atoms with E-state index in [1.807, 2.05) is 0 Å². The highest BCUT2D eigenvalue weighted by Crippen LogP contribution is 2.32. The van der Waals surface area contributed by atoms with Gasteiger partial charge in [-0.15, -0.1) is 0 Å². The van der Waals surface area contributed by atoms with Gasteiger partial charge in [0.1, 0.15) is 6.10 Å². The Hall–Kier alpha value is -1.79. The van der Waals surface area contributed by atoms with Crippen molar-refractivity contribution in [2.24, 2.45) is 5.73 Å². The van der Waals surface area contributed by atoms with Crippen LogP contribution in [-0.2, 0) is 4.79 Å². The molecule has 0 radical (unpaired) electrons. The molecule has 0 amide bonds. The lowest BCUT2D eigenvalue weighted by atomic mass is 10.0. The second-order valence-electron chi connectivity index (χ2n) is 5.41. The van der Waals surface area contributed by atoms with Gasteiger partial charge in [0.05, 0.1) is 13.5 Å². The third kappa shape index (κ3) is 4.09. The molecule has 21 heavy (non-hydrogen) atoms. The molecule has 1 aliphatic rings. The molecule has 1 aromatic carbocycles. The summed E-state index contributed by atoms with van der Waals surface area (Å²) in [5, 5.41) is 8.80. The molecule has 2 rings (SSSR count). The van der Waals surface area contributed by atoms with Gasteiger partial charge in [0.2, 0.25) is 0 Å². The number of benzene rings is 1. The van der Waals surface area contributed by atoms with E-state index in [1.165, 1.54) is 0 Å². The lowest BCUT2D eigenvalue weighted by Gasteiger charge is -2.18. The van der Waals surface area contributed by atoms with E-state index in [1.54, 1.807) is 25.3 Å². The number of rotatable bonds is 6. The molecule has 1 heterocycles. The Labute approximate surface area is 124 Å². The number of likely N-dealkylation sites (N-methyl/N-ethyl adjacent to an activating group) is 1. The van der Waals surface area contributed by atoms with Gasteiger partial charge in [-0.3, -0.25) is 4.79 Å². The Morgan fingerprint density at radius 2 is 2.29 bits per heavy atom. The minimum Gasteiger partial charge on any atom is -0.493 e. The molecule has 2 atom stereocenters. The Morgan fingerprint density at radius 3 is 2.86 bits per heavy atom. The van der Waals surface area contributed by atoms with Crippen LogP contribution in [-0.4, -0.2) is 49.3 Å². The smallest absolute Gasteiger partial charge is 0.305 e. The van der Waals surface area contributed by atoms with Gasteiger partial charge < -0.3 is 25.2 Å². The molecule has 1 aromatic rings. The largest absolute Gasteiger partial charge is 0.493 e. The van der Waals surface area contributed by atoms with Crippen molar-refractivity contribution >= 4 is 5.97 Å². The zero-order chi connectivity index (χ0) is 15.4. The van der Waals surface area contributed by atoms with Crippen LogP contribution in [0.25, 0.3) is 0 Å². The van der Waals surface area contributed by atoms with E-state index in [2.05, 4.69) is 11.9 Å². The number of likely N-dealkylation sites (tertiary alicyclic amines) is 1.